The van der Waals surface area contributed by atoms with E-state index in [4.69, 9.17) is 4.98 Å². The van der Waals surface area contributed by atoms with Crippen molar-refractivity contribution >= 4 is 41.1 Å². The topological polar surface area (TPSA) is 62.2 Å². The van der Waals surface area contributed by atoms with Gasteiger partial charge in [0.2, 0.25) is 0 Å². The van der Waals surface area contributed by atoms with Crippen molar-refractivity contribution < 1.29 is 18.0 Å². The molecule has 4 heterocycles. The number of rotatable bonds is 5. The van der Waals surface area contributed by atoms with E-state index in [1.54, 1.807) is 37.3 Å². The Morgan fingerprint density at radius 2 is 1.86 bits per heavy atom. The molecule has 0 bridgehead atoms. The van der Waals surface area contributed by atoms with Gasteiger partial charge in [0.1, 0.15) is 0 Å². The van der Waals surface area contributed by atoms with Crippen molar-refractivity contribution in [3.05, 3.63) is 51.9 Å². The lowest BCUT2D eigenvalue weighted by Crippen LogP contribution is -2.53. The molecule has 0 saturated carbocycles. The fraction of sp³-hybridized carbons (Fsp3) is 0.500. The minimum Gasteiger partial charge on any atom is -0.326 e. The van der Waals surface area contributed by atoms with Crippen molar-refractivity contribution in [1.82, 2.24) is 24.8 Å². The molecule has 0 N–H and O–H groups in total. The second kappa shape index (κ2) is 10.8. The SMILES string of the molecule is Cc1cc(CN(C(=O)C(F)(F)F)[C@H]2CCCN(C(C)c3ccc4sc(C)nc4n3)C2)cc(C)n1.S. The third-order valence-electron chi connectivity index (χ3n) is 6.22. The van der Waals surface area contributed by atoms with Gasteiger partial charge in [0.15, 0.2) is 5.65 Å². The molecule has 1 unspecified atom stereocenters. The molecule has 3 aromatic rings. The minimum absolute atomic E-state index is 0. The summed E-state index contributed by atoms with van der Waals surface area (Å²) in [4.78, 5) is 29.0. The number of piperidine rings is 1. The number of hydrogen-bond acceptors (Lipinski definition) is 6. The van der Waals surface area contributed by atoms with Gasteiger partial charge in [-0.15, -0.1) is 11.3 Å². The number of aryl methyl sites for hydroxylation is 3. The Kier molecular flexibility index (Phi) is 8.44. The molecule has 1 fully saturated rings. The molecular weight excluding hydrogens is 495 g/mol. The van der Waals surface area contributed by atoms with Crippen LogP contribution in [0, 0.1) is 20.8 Å². The molecule has 4 rings (SSSR count). The highest BCUT2D eigenvalue weighted by Gasteiger charge is 2.45. The molecular formula is C24H30F3N5OS2. The maximum Gasteiger partial charge on any atom is 0.471 e. The monoisotopic (exact) mass is 525 g/mol. The lowest BCUT2D eigenvalue weighted by Gasteiger charge is -2.41. The number of fused-ring (bicyclic) bond motifs is 1. The van der Waals surface area contributed by atoms with Gasteiger partial charge < -0.3 is 4.90 Å². The fourth-order valence-corrected chi connectivity index (χ4v) is 5.46. The highest BCUT2D eigenvalue weighted by Crippen LogP contribution is 2.30. The average molecular weight is 526 g/mol. The zero-order chi connectivity index (χ0) is 24.6. The number of likely N-dealkylation sites (tertiary alicyclic amines) is 1. The number of carbonyl (C=O) groups is 1. The van der Waals surface area contributed by atoms with Crippen LogP contribution < -0.4 is 0 Å². The van der Waals surface area contributed by atoms with Gasteiger partial charge in [-0.3, -0.25) is 14.7 Å². The van der Waals surface area contributed by atoms with E-state index in [1.807, 2.05) is 26.0 Å². The molecule has 2 atom stereocenters. The third kappa shape index (κ3) is 6.31. The molecule has 0 aliphatic carbocycles. The van der Waals surface area contributed by atoms with Crippen LogP contribution in [0.3, 0.4) is 0 Å². The van der Waals surface area contributed by atoms with Gasteiger partial charge in [0.05, 0.1) is 15.4 Å². The maximum atomic E-state index is 13.6. The molecule has 0 radical (unpaired) electrons. The first-order valence-electron chi connectivity index (χ1n) is 11.3. The summed E-state index contributed by atoms with van der Waals surface area (Å²) in [5.74, 6) is -1.79. The Bertz CT molecular complexity index is 1180. The number of amides is 1. The van der Waals surface area contributed by atoms with Gasteiger partial charge in [-0.05, 0) is 76.9 Å². The molecule has 0 spiro atoms. The Hall–Kier alpha value is -2.24. The number of pyridine rings is 2. The molecule has 11 heteroatoms. The fourth-order valence-electron chi connectivity index (χ4n) is 4.69. The van der Waals surface area contributed by atoms with Gasteiger partial charge in [0, 0.05) is 36.6 Å². The molecule has 1 amide bonds. The summed E-state index contributed by atoms with van der Waals surface area (Å²) in [5, 5.41) is 0.938. The second-order valence-electron chi connectivity index (χ2n) is 8.95. The Labute approximate surface area is 214 Å². The highest BCUT2D eigenvalue weighted by molar-refractivity contribution is 7.59. The smallest absolute Gasteiger partial charge is 0.326 e. The van der Waals surface area contributed by atoms with E-state index in [0.717, 1.165) is 26.8 Å². The van der Waals surface area contributed by atoms with Crippen LogP contribution in [-0.2, 0) is 11.3 Å². The van der Waals surface area contributed by atoms with Crippen molar-refractivity contribution in [2.24, 2.45) is 0 Å². The van der Waals surface area contributed by atoms with Crippen molar-refractivity contribution in [3.8, 4) is 0 Å². The van der Waals surface area contributed by atoms with Crippen molar-refractivity contribution in [2.45, 2.75) is 65.3 Å². The summed E-state index contributed by atoms with van der Waals surface area (Å²) >= 11 is 1.58. The van der Waals surface area contributed by atoms with Gasteiger partial charge in [-0.1, -0.05) is 0 Å². The zero-order valence-corrected chi connectivity index (χ0v) is 22.0. The van der Waals surface area contributed by atoms with E-state index in [1.165, 1.54) is 0 Å². The molecule has 1 saturated heterocycles. The summed E-state index contributed by atoms with van der Waals surface area (Å²) in [6.07, 6.45) is -3.71. The first kappa shape index (κ1) is 27.3. The summed E-state index contributed by atoms with van der Waals surface area (Å²) in [6.45, 7) is 8.51. The van der Waals surface area contributed by atoms with Gasteiger partial charge in [-0.2, -0.15) is 26.7 Å². The molecule has 6 nitrogen and oxygen atoms in total. The number of alkyl halides is 3. The van der Waals surface area contributed by atoms with Crippen LogP contribution in [0.5, 0.6) is 0 Å². The van der Waals surface area contributed by atoms with E-state index >= 15 is 0 Å². The van der Waals surface area contributed by atoms with Crippen LogP contribution >= 0.6 is 24.8 Å². The predicted molar refractivity (Wildman–Crippen MR) is 136 cm³/mol. The van der Waals surface area contributed by atoms with Crippen LogP contribution in [-0.4, -0.2) is 56.0 Å². The molecule has 35 heavy (non-hydrogen) atoms. The van der Waals surface area contributed by atoms with E-state index in [9.17, 15) is 18.0 Å². The number of aromatic nitrogens is 3. The molecule has 1 aliphatic rings. The minimum atomic E-state index is -4.93. The average Bonchev–Trinajstić information content (AvgIpc) is 3.14. The lowest BCUT2D eigenvalue weighted by molar-refractivity contribution is -0.189. The Morgan fingerprint density at radius 3 is 2.51 bits per heavy atom. The molecule has 190 valence electrons. The number of carbonyl (C=O) groups excluding carboxylic acids is 1. The van der Waals surface area contributed by atoms with Crippen molar-refractivity contribution in [2.75, 3.05) is 13.1 Å². The van der Waals surface area contributed by atoms with E-state index in [0.29, 0.717) is 42.0 Å². The second-order valence-corrected chi connectivity index (χ2v) is 10.2. The van der Waals surface area contributed by atoms with Gasteiger partial charge in [0.25, 0.3) is 0 Å². The van der Waals surface area contributed by atoms with Crippen molar-refractivity contribution in [3.63, 3.8) is 0 Å². The van der Waals surface area contributed by atoms with E-state index < -0.39 is 18.1 Å². The highest BCUT2D eigenvalue weighted by atomic mass is 32.1. The van der Waals surface area contributed by atoms with Crippen LogP contribution in [0.1, 0.15) is 53.5 Å². The van der Waals surface area contributed by atoms with Gasteiger partial charge >= 0.3 is 12.1 Å². The third-order valence-corrected chi connectivity index (χ3v) is 7.15. The van der Waals surface area contributed by atoms with Gasteiger partial charge in [-0.25, -0.2) is 9.97 Å². The normalized spacial score (nSPS) is 17.7. The number of thiazole rings is 1. The largest absolute Gasteiger partial charge is 0.471 e. The number of hydrogen-bond donors (Lipinski definition) is 0. The molecule has 3 aromatic heterocycles. The lowest BCUT2D eigenvalue weighted by atomic mass is 10.00. The first-order chi connectivity index (χ1) is 16.0. The van der Waals surface area contributed by atoms with Crippen molar-refractivity contribution in [1.29, 1.82) is 0 Å². The summed E-state index contributed by atoms with van der Waals surface area (Å²) < 4.78 is 41.7. The maximum absolute atomic E-state index is 13.6. The Balaban J connectivity index is 0.00000342. The van der Waals surface area contributed by atoms with Crippen LogP contribution in [0.2, 0.25) is 0 Å². The van der Waals surface area contributed by atoms with Crippen LogP contribution in [0.15, 0.2) is 24.3 Å². The summed E-state index contributed by atoms with van der Waals surface area (Å²) in [5.41, 5.74) is 3.60. The zero-order valence-electron chi connectivity index (χ0n) is 20.2. The van der Waals surface area contributed by atoms with E-state index in [-0.39, 0.29) is 26.1 Å². The predicted octanol–water partition coefficient (Wildman–Crippen LogP) is 5.24. The number of halogens is 3. The molecule has 1 aliphatic heterocycles. The summed E-state index contributed by atoms with van der Waals surface area (Å²) in [6, 6.07) is 6.76. The standard InChI is InChI=1S/C24H28F3N5OS.H2S/c1-14-10-18(11-15(2)28-14)12-32(23(33)24(25,26)27)19-6-5-9-31(13-19)16(3)20-7-8-21-22(30-20)29-17(4)34-21;/h7-8,10-11,16,19H,5-6,9,12-13H2,1-4H3;1H2/t16?,19-;/m0./s1. The quantitative estimate of drug-likeness (QED) is 0.456. The number of nitrogens with zero attached hydrogens (tertiary/aromatic N) is 5. The summed E-state index contributed by atoms with van der Waals surface area (Å²) in [7, 11) is 0. The van der Waals surface area contributed by atoms with Crippen LogP contribution in [0.4, 0.5) is 13.2 Å². The Morgan fingerprint density at radius 1 is 1.17 bits per heavy atom. The molecule has 0 aromatic carbocycles. The van der Waals surface area contributed by atoms with Crippen LogP contribution in [0.25, 0.3) is 10.3 Å². The van der Waals surface area contributed by atoms with E-state index in [2.05, 4.69) is 14.9 Å². The first-order valence-corrected chi connectivity index (χ1v) is 12.1.